The van der Waals surface area contributed by atoms with Crippen LogP contribution in [0.1, 0.15) is 47.6 Å². The first-order valence-electron chi connectivity index (χ1n) is 14.2. The third-order valence-corrected chi connectivity index (χ3v) is 8.26. The summed E-state index contributed by atoms with van der Waals surface area (Å²) in [6.45, 7) is 2.31. The zero-order valence-corrected chi connectivity index (χ0v) is 23.2. The summed E-state index contributed by atoms with van der Waals surface area (Å²) in [4.78, 5) is 29.1. The fourth-order valence-electron chi connectivity index (χ4n) is 5.97. The lowest BCUT2D eigenvalue weighted by atomic mass is 9.89. The van der Waals surface area contributed by atoms with Gasteiger partial charge in [-0.2, -0.15) is 13.2 Å². The number of fused-ring (bicyclic) bond motifs is 1. The molecule has 1 saturated heterocycles. The van der Waals surface area contributed by atoms with Crippen LogP contribution in [0.15, 0.2) is 66.7 Å². The van der Waals surface area contributed by atoms with Crippen LogP contribution in [0.4, 0.5) is 23.7 Å². The van der Waals surface area contributed by atoms with E-state index in [0.717, 1.165) is 53.0 Å². The Kier molecular flexibility index (Phi) is 8.72. The largest absolute Gasteiger partial charge is 0.416 e. The number of benzene rings is 3. The molecule has 0 bridgehead atoms. The smallest absolute Gasteiger partial charge is 0.396 e. The summed E-state index contributed by atoms with van der Waals surface area (Å²) in [7, 11) is 0. The molecule has 2 aliphatic heterocycles. The Morgan fingerprint density at radius 3 is 2.38 bits per heavy atom. The molecule has 3 amide bonds. The van der Waals surface area contributed by atoms with Crippen molar-refractivity contribution in [1.29, 1.82) is 0 Å². The third-order valence-electron chi connectivity index (χ3n) is 8.26. The van der Waals surface area contributed by atoms with Crippen LogP contribution in [0, 0.1) is 5.92 Å². The third kappa shape index (κ3) is 6.54. The number of hydrogen-bond donors (Lipinski definition) is 3. The van der Waals surface area contributed by atoms with Gasteiger partial charge in [0.1, 0.15) is 0 Å². The first kappa shape index (κ1) is 29.4. The molecule has 10 heteroatoms. The van der Waals surface area contributed by atoms with Gasteiger partial charge in [-0.25, -0.2) is 4.79 Å². The van der Waals surface area contributed by atoms with Crippen molar-refractivity contribution in [2.75, 3.05) is 31.1 Å². The van der Waals surface area contributed by atoms with Crippen molar-refractivity contribution in [2.45, 2.75) is 44.4 Å². The molecule has 0 radical (unpaired) electrons. The highest BCUT2D eigenvalue weighted by molar-refractivity contribution is 5.79. The van der Waals surface area contributed by atoms with Gasteiger partial charge in [-0.1, -0.05) is 48.5 Å². The van der Waals surface area contributed by atoms with Gasteiger partial charge in [0, 0.05) is 50.8 Å². The molecule has 1 fully saturated rings. The first-order chi connectivity index (χ1) is 20.1. The van der Waals surface area contributed by atoms with Gasteiger partial charge in [0.2, 0.25) is 5.91 Å². The van der Waals surface area contributed by atoms with E-state index in [-0.39, 0.29) is 25.0 Å². The van der Waals surface area contributed by atoms with Crippen molar-refractivity contribution in [2.24, 2.45) is 11.7 Å². The van der Waals surface area contributed by atoms with Crippen LogP contribution in [0.5, 0.6) is 0 Å². The molecule has 2 heterocycles. The zero-order valence-electron chi connectivity index (χ0n) is 23.2. The highest BCUT2D eigenvalue weighted by Crippen LogP contribution is 2.39. The number of amides is 3. The number of nitrogens with two attached hydrogens (primary N) is 1. The van der Waals surface area contributed by atoms with E-state index in [9.17, 15) is 27.9 Å². The standard InChI is InChI=1S/C32H35F3N4O3/c33-32(34,35)24-8-6-22(7-9-24)25-10-12-29(38-16-14-21(18-38)20-40)27-19-39(17-15-26(25)27)31(42)37-28(11-13-30(36)41)23-4-2-1-3-5-23/h1-10,12,21,28,40H,11,13-20H2,(H2,36,41)(H,37,42)/t21-,28+/m1/s1. The Balaban J connectivity index is 1.44. The van der Waals surface area contributed by atoms with Crippen molar-refractivity contribution in [3.8, 4) is 11.1 Å². The van der Waals surface area contributed by atoms with Crippen molar-refractivity contribution >= 4 is 17.6 Å². The second-order valence-corrected chi connectivity index (χ2v) is 11.0. The Morgan fingerprint density at radius 2 is 1.74 bits per heavy atom. The van der Waals surface area contributed by atoms with Crippen LogP contribution >= 0.6 is 0 Å². The topological polar surface area (TPSA) is 98.9 Å². The minimum Gasteiger partial charge on any atom is -0.396 e. The number of hydrogen-bond acceptors (Lipinski definition) is 4. The van der Waals surface area contributed by atoms with Crippen LogP contribution in [0.2, 0.25) is 0 Å². The molecular formula is C32H35F3N4O3. The van der Waals surface area contributed by atoms with Crippen LogP contribution in [0.25, 0.3) is 11.1 Å². The Labute approximate surface area is 243 Å². The molecule has 2 atom stereocenters. The van der Waals surface area contributed by atoms with Gasteiger partial charge in [0.25, 0.3) is 0 Å². The van der Waals surface area contributed by atoms with Gasteiger partial charge >= 0.3 is 12.2 Å². The summed E-state index contributed by atoms with van der Waals surface area (Å²) in [6.07, 6.45) is -2.53. The molecule has 5 rings (SSSR count). The molecule has 42 heavy (non-hydrogen) atoms. The Hall–Kier alpha value is -4.05. The van der Waals surface area contributed by atoms with E-state index >= 15 is 0 Å². The number of aliphatic hydroxyl groups is 1. The number of rotatable bonds is 8. The molecule has 7 nitrogen and oxygen atoms in total. The summed E-state index contributed by atoms with van der Waals surface area (Å²) >= 11 is 0. The number of nitrogens with zero attached hydrogens (tertiary/aromatic N) is 2. The summed E-state index contributed by atoms with van der Waals surface area (Å²) in [5, 5.41) is 12.8. The molecule has 4 N–H and O–H groups in total. The molecule has 0 saturated carbocycles. The molecule has 0 unspecified atom stereocenters. The quantitative estimate of drug-likeness (QED) is 0.338. The molecular weight excluding hydrogens is 545 g/mol. The lowest BCUT2D eigenvalue weighted by Gasteiger charge is -2.35. The number of halogens is 3. The summed E-state index contributed by atoms with van der Waals surface area (Å²) in [5.74, 6) is -0.278. The number of urea groups is 1. The van der Waals surface area contributed by atoms with Gasteiger partial charge in [0.15, 0.2) is 0 Å². The van der Waals surface area contributed by atoms with Crippen LogP contribution in [-0.4, -0.2) is 48.2 Å². The maximum Gasteiger partial charge on any atom is 0.416 e. The Morgan fingerprint density at radius 1 is 1.00 bits per heavy atom. The second kappa shape index (κ2) is 12.4. The predicted molar refractivity (Wildman–Crippen MR) is 155 cm³/mol. The minimum absolute atomic E-state index is 0.100. The molecule has 3 aromatic rings. The number of primary amides is 1. The number of aliphatic hydroxyl groups excluding tert-OH is 1. The van der Waals surface area contributed by atoms with Crippen LogP contribution in [-0.2, 0) is 23.9 Å². The van der Waals surface area contributed by atoms with E-state index in [0.29, 0.717) is 38.0 Å². The maximum absolute atomic E-state index is 13.6. The highest BCUT2D eigenvalue weighted by Gasteiger charge is 2.32. The van der Waals surface area contributed by atoms with Crippen molar-refractivity contribution in [1.82, 2.24) is 10.2 Å². The monoisotopic (exact) mass is 580 g/mol. The van der Waals surface area contributed by atoms with Crippen molar-refractivity contribution in [3.63, 3.8) is 0 Å². The lowest BCUT2D eigenvalue weighted by Crippen LogP contribution is -2.44. The number of carbonyl (C=O) groups is 2. The molecule has 0 aromatic heterocycles. The first-order valence-corrected chi connectivity index (χ1v) is 14.2. The molecule has 3 aromatic carbocycles. The van der Waals surface area contributed by atoms with Crippen LogP contribution < -0.4 is 16.0 Å². The molecule has 222 valence electrons. The van der Waals surface area contributed by atoms with Gasteiger partial charge in [-0.15, -0.1) is 0 Å². The summed E-state index contributed by atoms with van der Waals surface area (Å²) < 4.78 is 39.6. The minimum atomic E-state index is -4.41. The van der Waals surface area contributed by atoms with Gasteiger partial charge < -0.3 is 26.0 Å². The Bertz CT molecular complexity index is 1410. The molecule has 0 aliphatic carbocycles. The SMILES string of the molecule is NC(=O)CC[C@H](NC(=O)N1CCc2c(-c3ccc(C(F)(F)F)cc3)ccc(N3CC[C@@H](CO)C3)c2C1)c1ccccc1. The van der Waals surface area contributed by atoms with E-state index in [1.807, 2.05) is 42.5 Å². The average Bonchev–Trinajstić information content (AvgIpc) is 3.47. The fourth-order valence-corrected chi connectivity index (χ4v) is 5.97. The number of nitrogens with one attached hydrogen (secondary N) is 1. The summed E-state index contributed by atoms with van der Waals surface area (Å²) in [5.41, 5.74) is 10.1. The average molecular weight is 581 g/mol. The highest BCUT2D eigenvalue weighted by atomic mass is 19.4. The van der Waals surface area contributed by atoms with Gasteiger partial charge in [-0.05, 0) is 65.3 Å². The molecule has 2 aliphatic rings. The van der Waals surface area contributed by atoms with Crippen molar-refractivity contribution < 1.29 is 27.9 Å². The zero-order chi connectivity index (χ0) is 29.9. The number of alkyl halides is 3. The number of carbonyl (C=O) groups excluding carboxylic acids is 2. The second-order valence-electron chi connectivity index (χ2n) is 11.0. The van der Waals surface area contributed by atoms with Gasteiger partial charge in [-0.3, -0.25) is 4.79 Å². The fraction of sp³-hybridized carbons (Fsp3) is 0.375. The van der Waals surface area contributed by atoms with Gasteiger partial charge in [0.05, 0.1) is 11.6 Å². The van der Waals surface area contributed by atoms with E-state index in [1.165, 1.54) is 12.1 Å². The number of anilines is 1. The van der Waals surface area contributed by atoms with Crippen molar-refractivity contribution in [3.05, 3.63) is 89.0 Å². The van der Waals surface area contributed by atoms with Crippen LogP contribution in [0.3, 0.4) is 0 Å². The molecule has 0 spiro atoms. The van der Waals surface area contributed by atoms with E-state index < -0.39 is 23.7 Å². The van der Waals surface area contributed by atoms with E-state index in [1.54, 1.807) is 4.90 Å². The predicted octanol–water partition coefficient (Wildman–Crippen LogP) is 5.27. The van der Waals surface area contributed by atoms with E-state index in [2.05, 4.69) is 10.2 Å². The lowest BCUT2D eigenvalue weighted by molar-refractivity contribution is -0.137. The normalized spacial score (nSPS) is 17.6. The maximum atomic E-state index is 13.6. The van der Waals surface area contributed by atoms with E-state index in [4.69, 9.17) is 5.73 Å². The summed E-state index contributed by atoms with van der Waals surface area (Å²) in [6, 6.07) is 17.9.